The number of hydrogen-bond acceptors (Lipinski definition) is 3. The lowest BCUT2D eigenvalue weighted by Crippen LogP contribution is -2.40. The second-order valence-electron chi connectivity index (χ2n) is 7.05. The van der Waals surface area contributed by atoms with Gasteiger partial charge in [-0.05, 0) is 65.3 Å². The van der Waals surface area contributed by atoms with E-state index >= 15 is 0 Å². The number of nitrogens with one attached hydrogen (secondary N) is 1. The van der Waals surface area contributed by atoms with Crippen LogP contribution in [0.25, 0.3) is 10.9 Å². The quantitative estimate of drug-likeness (QED) is 0.847. The molecule has 1 N–H and O–H groups in total. The number of carbonyl (C=O) groups excluding carboxylic acids is 1. The van der Waals surface area contributed by atoms with Gasteiger partial charge in [-0.15, -0.1) is 0 Å². The van der Waals surface area contributed by atoms with Gasteiger partial charge in [0.1, 0.15) is 5.69 Å². The molecule has 2 aromatic rings. The number of amides is 1. The molecule has 1 amide bonds. The molecule has 0 saturated carbocycles. The van der Waals surface area contributed by atoms with Crippen molar-refractivity contribution in [2.24, 2.45) is 0 Å². The Kier molecular flexibility index (Phi) is 6.02. The summed E-state index contributed by atoms with van der Waals surface area (Å²) in [5.41, 5.74) is 4.19. The molecule has 132 valence electrons. The zero-order chi connectivity index (χ0) is 17.9. The first-order chi connectivity index (χ1) is 11.3. The molecule has 1 aromatic carbocycles. The number of carbonyl (C=O) groups is 1. The Hall–Kier alpha value is -1.85. The van der Waals surface area contributed by atoms with Crippen LogP contribution in [0.3, 0.4) is 0 Å². The third kappa shape index (κ3) is 4.36. The molecule has 0 aliphatic carbocycles. The molecular formula is C19H30N4O. The molecule has 2 rings (SSSR count). The fraction of sp³-hybridized carbons (Fsp3) is 0.526. The maximum atomic E-state index is 13.0. The molecular weight excluding hydrogens is 300 g/mol. The molecule has 0 fully saturated rings. The Morgan fingerprint density at radius 1 is 0.958 bits per heavy atom. The standard InChI is InChI=1S/C19H30N4O/c1-14-7-8-17-16(15(14)2)13-18(20-17)19(24)23(11-9-21(3)4)12-10-22(5)6/h7-8,13,20H,9-12H2,1-6H3. The average molecular weight is 330 g/mol. The van der Waals surface area contributed by atoms with E-state index in [1.807, 2.05) is 39.2 Å². The topological polar surface area (TPSA) is 42.6 Å². The van der Waals surface area contributed by atoms with E-state index in [0.717, 1.165) is 37.1 Å². The summed E-state index contributed by atoms with van der Waals surface area (Å²) < 4.78 is 0. The average Bonchev–Trinajstić information content (AvgIpc) is 2.95. The minimum atomic E-state index is 0.0759. The monoisotopic (exact) mass is 330 g/mol. The molecule has 0 spiro atoms. The van der Waals surface area contributed by atoms with Crippen molar-refractivity contribution < 1.29 is 4.79 Å². The Balaban J connectivity index is 2.25. The van der Waals surface area contributed by atoms with Crippen LogP contribution in [0.1, 0.15) is 21.6 Å². The van der Waals surface area contributed by atoms with Crippen LogP contribution in [0.4, 0.5) is 0 Å². The second-order valence-corrected chi connectivity index (χ2v) is 7.05. The lowest BCUT2D eigenvalue weighted by Gasteiger charge is -2.25. The molecule has 24 heavy (non-hydrogen) atoms. The SMILES string of the molecule is Cc1ccc2[nH]c(C(=O)N(CCN(C)C)CCN(C)C)cc2c1C. The largest absolute Gasteiger partial charge is 0.351 e. The smallest absolute Gasteiger partial charge is 0.270 e. The molecule has 0 aliphatic heterocycles. The Morgan fingerprint density at radius 3 is 2.08 bits per heavy atom. The van der Waals surface area contributed by atoms with E-state index in [1.165, 1.54) is 11.1 Å². The van der Waals surface area contributed by atoms with Crippen LogP contribution >= 0.6 is 0 Å². The van der Waals surface area contributed by atoms with Gasteiger partial charge in [-0.2, -0.15) is 0 Å². The van der Waals surface area contributed by atoms with Crippen LogP contribution in [0.15, 0.2) is 18.2 Å². The van der Waals surface area contributed by atoms with Crippen molar-refractivity contribution in [2.75, 3.05) is 54.4 Å². The van der Waals surface area contributed by atoms with E-state index in [-0.39, 0.29) is 5.91 Å². The van der Waals surface area contributed by atoms with Crippen LogP contribution < -0.4 is 0 Å². The molecule has 0 aliphatic rings. The first kappa shape index (κ1) is 18.5. The van der Waals surface area contributed by atoms with Crippen molar-refractivity contribution in [3.8, 4) is 0 Å². The fourth-order valence-electron chi connectivity index (χ4n) is 2.70. The highest BCUT2D eigenvalue weighted by Gasteiger charge is 2.18. The van der Waals surface area contributed by atoms with Crippen LogP contribution in [-0.4, -0.2) is 80.0 Å². The summed E-state index contributed by atoms with van der Waals surface area (Å²) in [6.45, 7) is 7.38. The van der Waals surface area contributed by atoms with Gasteiger partial charge in [-0.1, -0.05) is 6.07 Å². The van der Waals surface area contributed by atoms with E-state index < -0.39 is 0 Å². The van der Waals surface area contributed by atoms with Crippen molar-refractivity contribution in [3.05, 3.63) is 35.0 Å². The number of nitrogens with zero attached hydrogens (tertiary/aromatic N) is 3. The van der Waals surface area contributed by atoms with E-state index in [4.69, 9.17) is 0 Å². The van der Waals surface area contributed by atoms with E-state index in [1.54, 1.807) is 0 Å². The Bertz CT molecular complexity index is 691. The predicted octanol–water partition coefficient (Wildman–Crippen LogP) is 2.35. The molecule has 0 unspecified atom stereocenters. The zero-order valence-corrected chi connectivity index (χ0v) is 15.8. The van der Waals surface area contributed by atoms with Crippen LogP contribution in [-0.2, 0) is 0 Å². The van der Waals surface area contributed by atoms with Gasteiger partial charge in [0.05, 0.1) is 0 Å². The Morgan fingerprint density at radius 2 is 1.54 bits per heavy atom. The fourth-order valence-corrected chi connectivity index (χ4v) is 2.70. The molecule has 5 nitrogen and oxygen atoms in total. The summed E-state index contributed by atoms with van der Waals surface area (Å²) in [4.78, 5) is 22.4. The van der Waals surface area contributed by atoms with Gasteiger partial charge in [-0.25, -0.2) is 0 Å². The normalized spacial score (nSPS) is 11.7. The first-order valence-electron chi connectivity index (χ1n) is 8.47. The van der Waals surface area contributed by atoms with Gasteiger partial charge in [0.15, 0.2) is 0 Å². The van der Waals surface area contributed by atoms with Gasteiger partial charge in [0, 0.05) is 37.1 Å². The summed E-state index contributed by atoms with van der Waals surface area (Å²) in [5, 5.41) is 1.14. The van der Waals surface area contributed by atoms with Crippen molar-refractivity contribution in [1.82, 2.24) is 19.7 Å². The van der Waals surface area contributed by atoms with Crippen LogP contribution in [0, 0.1) is 13.8 Å². The van der Waals surface area contributed by atoms with Crippen LogP contribution in [0.2, 0.25) is 0 Å². The van der Waals surface area contributed by atoms with Gasteiger partial charge in [0.2, 0.25) is 0 Å². The van der Waals surface area contributed by atoms with Gasteiger partial charge in [0.25, 0.3) is 5.91 Å². The first-order valence-corrected chi connectivity index (χ1v) is 8.47. The number of hydrogen-bond donors (Lipinski definition) is 1. The minimum Gasteiger partial charge on any atom is -0.351 e. The molecule has 1 aromatic heterocycles. The number of aryl methyl sites for hydroxylation is 2. The minimum absolute atomic E-state index is 0.0759. The summed E-state index contributed by atoms with van der Waals surface area (Å²) in [6.07, 6.45) is 0. The third-order valence-electron chi connectivity index (χ3n) is 4.50. The lowest BCUT2D eigenvalue weighted by molar-refractivity contribution is 0.0729. The molecule has 1 heterocycles. The number of aromatic amines is 1. The van der Waals surface area contributed by atoms with Gasteiger partial charge >= 0.3 is 0 Å². The predicted molar refractivity (Wildman–Crippen MR) is 101 cm³/mol. The van der Waals surface area contributed by atoms with E-state index in [2.05, 4.69) is 40.8 Å². The van der Waals surface area contributed by atoms with Gasteiger partial charge < -0.3 is 19.7 Å². The highest BCUT2D eigenvalue weighted by molar-refractivity contribution is 5.99. The number of aromatic nitrogens is 1. The second kappa shape index (κ2) is 7.81. The molecule has 0 saturated heterocycles. The van der Waals surface area contributed by atoms with Crippen LogP contribution in [0.5, 0.6) is 0 Å². The maximum absolute atomic E-state index is 13.0. The number of rotatable bonds is 7. The summed E-state index contributed by atoms with van der Waals surface area (Å²) in [5.74, 6) is 0.0759. The molecule has 0 atom stereocenters. The lowest BCUT2D eigenvalue weighted by atomic mass is 10.1. The summed E-state index contributed by atoms with van der Waals surface area (Å²) in [7, 11) is 8.13. The number of likely N-dealkylation sites (N-methyl/N-ethyl adjacent to an activating group) is 2. The summed E-state index contributed by atoms with van der Waals surface area (Å²) in [6, 6.07) is 6.15. The number of H-pyrrole nitrogens is 1. The molecule has 0 radical (unpaired) electrons. The third-order valence-corrected chi connectivity index (χ3v) is 4.50. The van der Waals surface area contributed by atoms with E-state index in [9.17, 15) is 4.79 Å². The highest BCUT2D eigenvalue weighted by atomic mass is 16.2. The summed E-state index contributed by atoms with van der Waals surface area (Å²) >= 11 is 0. The highest BCUT2D eigenvalue weighted by Crippen LogP contribution is 2.23. The maximum Gasteiger partial charge on any atom is 0.270 e. The van der Waals surface area contributed by atoms with Crippen molar-refractivity contribution >= 4 is 16.8 Å². The van der Waals surface area contributed by atoms with Crippen molar-refractivity contribution in [3.63, 3.8) is 0 Å². The zero-order valence-electron chi connectivity index (χ0n) is 15.8. The Labute approximate surface area is 145 Å². The van der Waals surface area contributed by atoms with Crippen molar-refractivity contribution in [2.45, 2.75) is 13.8 Å². The number of fused-ring (bicyclic) bond motifs is 1. The van der Waals surface area contributed by atoms with Gasteiger partial charge in [-0.3, -0.25) is 4.79 Å². The molecule has 0 bridgehead atoms. The molecule has 5 heteroatoms. The van der Waals surface area contributed by atoms with Crippen molar-refractivity contribution in [1.29, 1.82) is 0 Å². The number of benzene rings is 1. The van der Waals surface area contributed by atoms with E-state index in [0.29, 0.717) is 5.69 Å².